The van der Waals surface area contributed by atoms with E-state index in [1.807, 2.05) is 60.8 Å². The van der Waals surface area contributed by atoms with Gasteiger partial charge in [-0.25, -0.2) is 4.79 Å². The van der Waals surface area contributed by atoms with Crippen LogP contribution in [0.25, 0.3) is 10.9 Å². The van der Waals surface area contributed by atoms with Gasteiger partial charge in [0.25, 0.3) is 0 Å². The zero-order valence-electron chi connectivity index (χ0n) is 18.3. The van der Waals surface area contributed by atoms with Crippen molar-refractivity contribution >= 4 is 41.2 Å². The van der Waals surface area contributed by atoms with Crippen molar-refractivity contribution in [3.8, 4) is 0 Å². The van der Waals surface area contributed by atoms with Crippen LogP contribution >= 0.6 is 12.4 Å². The Morgan fingerprint density at radius 1 is 1.03 bits per heavy atom. The van der Waals surface area contributed by atoms with Crippen LogP contribution < -0.4 is 11.1 Å². The number of rotatable bonds is 10. The lowest BCUT2D eigenvalue weighted by Crippen LogP contribution is -2.43. The highest BCUT2D eigenvalue weighted by Gasteiger charge is 2.24. The molecule has 0 spiro atoms. The van der Waals surface area contributed by atoms with Gasteiger partial charge < -0.3 is 25.5 Å². The second-order valence-electron chi connectivity index (χ2n) is 7.45. The lowest BCUT2D eigenvalue weighted by molar-refractivity contribution is -0.147. The fourth-order valence-electron chi connectivity index (χ4n) is 3.36. The summed E-state index contributed by atoms with van der Waals surface area (Å²) in [6.45, 7) is 0.120. The van der Waals surface area contributed by atoms with Gasteiger partial charge in [-0.1, -0.05) is 48.5 Å². The van der Waals surface area contributed by atoms with Gasteiger partial charge in [-0.05, 0) is 23.6 Å². The van der Waals surface area contributed by atoms with Crippen LogP contribution in [0, 0.1) is 0 Å². The Labute approximate surface area is 198 Å². The minimum Gasteiger partial charge on any atom is -0.467 e. The van der Waals surface area contributed by atoms with Crippen LogP contribution in [0.4, 0.5) is 0 Å². The molecule has 1 unspecified atom stereocenters. The highest BCUT2D eigenvalue weighted by Crippen LogP contribution is 2.19. The summed E-state index contributed by atoms with van der Waals surface area (Å²) in [6.07, 6.45) is 2.16. The van der Waals surface area contributed by atoms with Crippen LogP contribution in [0.3, 0.4) is 0 Å². The maximum Gasteiger partial charge on any atom is 0.328 e. The number of methoxy groups -OCH3 is 1. The number of hydrogen-bond donors (Lipinski definition) is 3. The zero-order chi connectivity index (χ0) is 22.9. The van der Waals surface area contributed by atoms with Crippen LogP contribution in [-0.4, -0.2) is 42.0 Å². The molecule has 3 rings (SSSR count). The number of para-hydroxylation sites is 1. The van der Waals surface area contributed by atoms with Crippen LogP contribution in [0.2, 0.25) is 0 Å². The first-order valence-corrected chi connectivity index (χ1v) is 10.4. The number of carbonyl (C=O) groups is 3. The van der Waals surface area contributed by atoms with Crippen LogP contribution in [0.15, 0.2) is 60.8 Å². The number of fused-ring (bicyclic) bond motifs is 1. The van der Waals surface area contributed by atoms with E-state index in [-0.39, 0.29) is 38.3 Å². The first-order chi connectivity index (χ1) is 15.5. The number of nitrogens with two attached hydrogens (primary N) is 1. The average molecular weight is 474 g/mol. The van der Waals surface area contributed by atoms with E-state index in [4.69, 9.17) is 15.2 Å². The predicted molar refractivity (Wildman–Crippen MR) is 127 cm³/mol. The molecule has 2 aromatic carbocycles. The lowest BCUT2D eigenvalue weighted by Gasteiger charge is -2.17. The fraction of sp³-hybridized carbons (Fsp3) is 0.292. The Hall–Kier alpha value is -3.36. The fourth-order valence-corrected chi connectivity index (χ4v) is 3.36. The van der Waals surface area contributed by atoms with Crippen molar-refractivity contribution < 1.29 is 23.9 Å². The summed E-state index contributed by atoms with van der Waals surface area (Å²) in [5, 5.41) is 3.66. The minimum absolute atomic E-state index is 0. The van der Waals surface area contributed by atoms with Crippen LogP contribution in [-0.2, 0) is 36.9 Å². The number of H-pyrrole nitrogens is 1. The number of nitrogens with one attached hydrogen (secondary N) is 2. The van der Waals surface area contributed by atoms with Gasteiger partial charge in [0.2, 0.25) is 5.91 Å². The van der Waals surface area contributed by atoms with Gasteiger partial charge in [0.15, 0.2) is 0 Å². The molecule has 33 heavy (non-hydrogen) atoms. The summed E-state index contributed by atoms with van der Waals surface area (Å²) < 4.78 is 10.0. The van der Waals surface area contributed by atoms with Crippen molar-refractivity contribution in [2.45, 2.75) is 38.0 Å². The van der Waals surface area contributed by atoms with E-state index in [0.717, 1.165) is 22.0 Å². The van der Waals surface area contributed by atoms with Gasteiger partial charge >= 0.3 is 11.9 Å². The van der Waals surface area contributed by atoms with E-state index in [2.05, 4.69) is 10.3 Å². The number of esters is 2. The van der Waals surface area contributed by atoms with Gasteiger partial charge in [-0.3, -0.25) is 9.59 Å². The molecule has 0 fully saturated rings. The molecule has 8 nitrogen and oxygen atoms in total. The summed E-state index contributed by atoms with van der Waals surface area (Å²) in [7, 11) is 1.27. The normalized spacial score (nSPS) is 12.3. The van der Waals surface area contributed by atoms with E-state index < -0.39 is 29.9 Å². The average Bonchev–Trinajstić information content (AvgIpc) is 3.23. The SMILES string of the molecule is COC(=O)C(Cc1c[nH]c2ccccc12)NC(=O)CC[C@@H](N)C(=O)OCc1ccccc1.Cl. The van der Waals surface area contributed by atoms with Gasteiger partial charge in [-0.15, -0.1) is 12.4 Å². The van der Waals surface area contributed by atoms with Crippen molar-refractivity contribution in [1.29, 1.82) is 0 Å². The van der Waals surface area contributed by atoms with Crippen LogP contribution in [0.5, 0.6) is 0 Å². The molecule has 3 aromatic rings. The monoisotopic (exact) mass is 473 g/mol. The quantitative estimate of drug-likeness (QED) is 0.389. The van der Waals surface area contributed by atoms with Crippen molar-refractivity contribution in [1.82, 2.24) is 10.3 Å². The highest BCUT2D eigenvalue weighted by atomic mass is 35.5. The molecule has 0 aliphatic carbocycles. The standard InChI is InChI=1S/C24H27N3O5.ClH/c1-31-24(30)21(13-17-14-26-20-10-6-5-9-18(17)20)27-22(28)12-11-19(25)23(29)32-15-16-7-3-2-4-8-16;/h2-10,14,19,21,26H,11-13,15,25H2,1H3,(H,27,28);1H/t19-,21?;/m1./s1. The van der Waals surface area contributed by atoms with E-state index >= 15 is 0 Å². The number of ether oxygens (including phenoxy) is 2. The number of carbonyl (C=O) groups excluding carboxylic acids is 3. The number of amides is 1. The van der Waals surface area contributed by atoms with Crippen molar-refractivity contribution in [3.63, 3.8) is 0 Å². The molecule has 1 heterocycles. The van der Waals surface area contributed by atoms with E-state index in [0.29, 0.717) is 0 Å². The van der Waals surface area contributed by atoms with Gasteiger partial charge in [0.1, 0.15) is 18.7 Å². The molecule has 4 N–H and O–H groups in total. The topological polar surface area (TPSA) is 124 Å². The number of benzene rings is 2. The third-order valence-corrected chi connectivity index (χ3v) is 5.13. The third-order valence-electron chi connectivity index (χ3n) is 5.13. The van der Waals surface area contributed by atoms with E-state index in [9.17, 15) is 14.4 Å². The van der Waals surface area contributed by atoms with Crippen LogP contribution in [0.1, 0.15) is 24.0 Å². The van der Waals surface area contributed by atoms with Crippen molar-refractivity contribution in [3.05, 3.63) is 71.9 Å². The summed E-state index contributed by atoms with van der Waals surface area (Å²) in [6, 6.07) is 15.2. The molecule has 0 radical (unpaired) electrons. The maximum absolute atomic E-state index is 12.4. The smallest absolute Gasteiger partial charge is 0.328 e. The Kier molecular flexibility index (Phi) is 9.90. The molecule has 9 heteroatoms. The molecule has 0 aliphatic rings. The molecule has 2 atom stereocenters. The first-order valence-electron chi connectivity index (χ1n) is 10.4. The molecular formula is C24H28ClN3O5. The van der Waals surface area contributed by atoms with E-state index in [1.165, 1.54) is 7.11 Å². The second-order valence-corrected chi connectivity index (χ2v) is 7.45. The van der Waals surface area contributed by atoms with Gasteiger partial charge in [0.05, 0.1) is 7.11 Å². The lowest BCUT2D eigenvalue weighted by atomic mass is 10.0. The first kappa shape index (κ1) is 25.9. The molecule has 0 saturated heterocycles. The molecule has 1 aromatic heterocycles. The Morgan fingerprint density at radius 2 is 1.73 bits per heavy atom. The van der Waals surface area contributed by atoms with Crippen molar-refractivity contribution in [2.24, 2.45) is 5.73 Å². The predicted octanol–water partition coefficient (Wildman–Crippen LogP) is 2.64. The summed E-state index contributed by atoms with van der Waals surface area (Å²) in [4.78, 5) is 39.9. The Balaban J connectivity index is 0.00000385. The maximum atomic E-state index is 12.4. The summed E-state index contributed by atoms with van der Waals surface area (Å²) in [5.41, 5.74) is 8.55. The number of aromatic amines is 1. The summed E-state index contributed by atoms with van der Waals surface area (Å²) >= 11 is 0. The van der Waals surface area contributed by atoms with Gasteiger partial charge in [0, 0.05) is 29.9 Å². The Bertz CT molecular complexity index is 1070. The molecule has 0 bridgehead atoms. The molecule has 176 valence electrons. The molecule has 0 saturated carbocycles. The second kappa shape index (κ2) is 12.6. The molecule has 1 amide bonds. The summed E-state index contributed by atoms with van der Waals surface area (Å²) in [5.74, 6) is -1.52. The third kappa shape index (κ3) is 7.34. The van der Waals surface area contributed by atoms with Gasteiger partial charge in [-0.2, -0.15) is 0 Å². The zero-order valence-corrected chi connectivity index (χ0v) is 19.1. The molecular weight excluding hydrogens is 446 g/mol. The molecule has 0 aliphatic heterocycles. The number of hydrogen-bond acceptors (Lipinski definition) is 6. The largest absolute Gasteiger partial charge is 0.467 e. The Morgan fingerprint density at radius 3 is 2.45 bits per heavy atom. The minimum atomic E-state index is -0.936. The highest BCUT2D eigenvalue weighted by molar-refractivity contribution is 5.87. The van der Waals surface area contributed by atoms with Crippen molar-refractivity contribution in [2.75, 3.05) is 7.11 Å². The number of aromatic nitrogens is 1. The van der Waals surface area contributed by atoms with E-state index in [1.54, 1.807) is 0 Å². The number of halogens is 1.